The number of methoxy groups -OCH3 is 1. The second-order valence-corrected chi connectivity index (χ2v) is 7.85. The van der Waals surface area contributed by atoms with Crippen LogP contribution in [0, 0.1) is 15.9 Å². The molecule has 0 radical (unpaired) electrons. The van der Waals surface area contributed by atoms with E-state index in [0.717, 1.165) is 23.5 Å². The second kappa shape index (κ2) is 7.58. The molecule has 0 saturated carbocycles. The Balaban J connectivity index is 1.70. The molecule has 0 unspecified atom stereocenters. The maximum absolute atomic E-state index is 13.9. The van der Waals surface area contributed by atoms with Gasteiger partial charge >= 0.3 is 5.69 Å². The molecule has 0 saturated heterocycles. The van der Waals surface area contributed by atoms with Crippen LogP contribution in [0.25, 0.3) is 0 Å². The van der Waals surface area contributed by atoms with Crippen molar-refractivity contribution in [3.8, 4) is 5.75 Å². The van der Waals surface area contributed by atoms with Crippen molar-refractivity contribution in [1.29, 1.82) is 0 Å². The molecule has 1 N–H and O–H groups in total. The van der Waals surface area contributed by atoms with E-state index in [4.69, 9.17) is 16.3 Å². The highest BCUT2D eigenvalue weighted by molar-refractivity contribution is 6.29. The van der Waals surface area contributed by atoms with Crippen LogP contribution in [0.1, 0.15) is 19.5 Å². The predicted molar refractivity (Wildman–Crippen MR) is 112 cm³/mol. The Kier molecular flexibility index (Phi) is 5.05. The highest BCUT2D eigenvalue weighted by Crippen LogP contribution is 2.42. The van der Waals surface area contributed by atoms with Crippen LogP contribution >= 0.6 is 11.6 Å². The number of fused-ring (bicyclic) bond motifs is 1. The predicted octanol–water partition coefficient (Wildman–Crippen LogP) is 4.15. The first kappa shape index (κ1) is 20.7. The Morgan fingerprint density at radius 3 is 2.77 bits per heavy atom. The van der Waals surface area contributed by atoms with Gasteiger partial charge in [0.15, 0.2) is 0 Å². The van der Waals surface area contributed by atoms with Crippen LogP contribution in [0.5, 0.6) is 5.75 Å². The zero-order valence-electron chi connectivity index (χ0n) is 16.8. The Bertz CT molecular complexity index is 1190. The summed E-state index contributed by atoms with van der Waals surface area (Å²) < 4.78 is 19.0. The van der Waals surface area contributed by atoms with Crippen molar-refractivity contribution >= 4 is 40.6 Å². The van der Waals surface area contributed by atoms with Crippen LogP contribution in [-0.2, 0) is 5.41 Å². The number of ether oxygens (including phenoxy) is 1. The van der Waals surface area contributed by atoms with Crippen LogP contribution in [0.15, 0.2) is 30.6 Å². The Morgan fingerprint density at radius 1 is 1.29 bits per heavy atom. The number of nitro benzene ring substituents is 1. The number of hydrogen-bond donors (Lipinski definition) is 1. The number of aromatic nitrogens is 4. The van der Waals surface area contributed by atoms with E-state index in [0.29, 0.717) is 17.6 Å². The Morgan fingerprint density at radius 2 is 2.06 bits per heavy atom. The maximum Gasteiger partial charge on any atom is 0.307 e. The number of hydrogen-bond acceptors (Lipinski definition) is 9. The fourth-order valence-electron chi connectivity index (χ4n) is 3.43. The first-order valence-corrected chi connectivity index (χ1v) is 9.50. The molecule has 0 bridgehead atoms. The number of nitrogens with one attached hydrogen (secondary N) is 1. The fraction of sp³-hybridized carbons (Fsp3) is 0.263. The van der Waals surface area contributed by atoms with Gasteiger partial charge in [-0.25, -0.2) is 15.0 Å². The van der Waals surface area contributed by atoms with Crippen LogP contribution < -0.4 is 15.0 Å². The van der Waals surface area contributed by atoms with Gasteiger partial charge in [-0.15, -0.1) is 0 Å². The summed E-state index contributed by atoms with van der Waals surface area (Å²) in [4.78, 5) is 29.4. The summed E-state index contributed by atoms with van der Waals surface area (Å²) in [5.74, 6) is -0.483. The third-order valence-corrected chi connectivity index (χ3v) is 5.05. The molecule has 4 rings (SSSR count). The molecule has 0 fully saturated rings. The van der Waals surface area contributed by atoms with Crippen molar-refractivity contribution in [2.24, 2.45) is 0 Å². The quantitative estimate of drug-likeness (QED) is 0.350. The number of nitro groups is 1. The van der Waals surface area contributed by atoms with Gasteiger partial charge in [-0.3, -0.25) is 10.1 Å². The molecule has 0 aliphatic carbocycles. The first-order chi connectivity index (χ1) is 14.7. The molecule has 10 nitrogen and oxygen atoms in total. The van der Waals surface area contributed by atoms with Crippen LogP contribution in [0.3, 0.4) is 0 Å². The van der Waals surface area contributed by atoms with Gasteiger partial charge < -0.3 is 15.0 Å². The SMILES string of the molecule is COc1cc(F)c([N+](=O)[O-])cc1Nc1ncnc(N2CC(C)(C)c3nc(Cl)ccc32)n1. The number of halogens is 2. The van der Waals surface area contributed by atoms with Crippen molar-refractivity contribution in [1.82, 2.24) is 19.9 Å². The lowest BCUT2D eigenvalue weighted by Crippen LogP contribution is -2.26. The lowest BCUT2D eigenvalue weighted by Gasteiger charge is -2.20. The summed E-state index contributed by atoms with van der Waals surface area (Å²) in [6.07, 6.45) is 1.31. The van der Waals surface area contributed by atoms with E-state index < -0.39 is 16.4 Å². The van der Waals surface area contributed by atoms with E-state index in [-0.39, 0.29) is 22.8 Å². The summed E-state index contributed by atoms with van der Waals surface area (Å²) in [5, 5.41) is 14.3. The lowest BCUT2D eigenvalue weighted by atomic mass is 9.91. The molecule has 12 heteroatoms. The number of anilines is 4. The van der Waals surface area contributed by atoms with Crippen molar-refractivity contribution < 1.29 is 14.1 Å². The summed E-state index contributed by atoms with van der Waals surface area (Å²) in [5.41, 5.74) is 0.799. The van der Waals surface area contributed by atoms with Crippen molar-refractivity contribution in [2.45, 2.75) is 19.3 Å². The lowest BCUT2D eigenvalue weighted by molar-refractivity contribution is -0.387. The molecule has 3 heterocycles. The highest BCUT2D eigenvalue weighted by Gasteiger charge is 2.38. The molecule has 1 aliphatic rings. The van der Waals surface area contributed by atoms with E-state index in [2.05, 4.69) is 25.3 Å². The van der Waals surface area contributed by atoms with Crippen molar-refractivity contribution in [3.05, 3.63) is 57.4 Å². The minimum absolute atomic E-state index is 0.0663. The van der Waals surface area contributed by atoms with Gasteiger partial charge in [0.1, 0.15) is 17.2 Å². The molecule has 0 amide bonds. The van der Waals surface area contributed by atoms with E-state index in [1.54, 1.807) is 6.07 Å². The topological polar surface area (TPSA) is 119 Å². The molecule has 0 spiro atoms. The minimum Gasteiger partial charge on any atom is -0.494 e. The van der Waals surface area contributed by atoms with Crippen LogP contribution in [0.4, 0.5) is 33.3 Å². The van der Waals surface area contributed by atoms with Gasteiger partial charge in [-0.2, -0.15) is 9.37 Å². The number of benzene rings is 1. The third kappa shape index (κ3) is 3.79. The first-order valence-electron chi connectivity index (χ1n) is 9.12. The molecule has 0 atom stereocenters. The smallest absolute Gasteiger partial charge is 0.307 e. The summed E-state index contributed by atoms with van der Waals surface area (Å²) in [7, 11) is 1.33. The van der Waals surface area contributed by atoms with Crippen LogP contribution in [0.2, 0.25) is 5.15 Å². The second-order valence-electron chi connectivity index (χ2n) is 7.47. The third-order valence-electron chi connectivity index (χ3n) is 4.84. The zero-order chi connectivity index (χ0) is 22.3. The molecule has 1 aromatic carbocycles. The standard InChI is InChI=1S/C19H17ClFN7O3/c1-19(2)8-27(12-4-5-15(20)25-16(12)19)18-23-9-22-17(26-18)24-11-7-13(28(29)30)10(21)6-14(11)31-3/h4-7,9H,8H2,1-3H3,(H,22,23,24,26). The molecular formula is C19H17ClFN7O3. The largest absolute Gasteiger partial charge is 0.494 e. The maximum atomic E-state index is 13.9. The fourth-order valence-corrected chi connectivity index (χ4v) is 3.57. The van der Waals surface area contributed by atoms with Gasteiger partial charge in [0, 0.05) is 24.1 Å². The zero-order valence-corrected chi connectivity index (χ0v) is 17.5. The molecule has 2 aromatic heterocycles. The summed E-state index contributed by atoms with van der Waals surface area (Å²) >= 11 is 6.07. The minimum atomic E-state index is -1.01. The van der Waals surface area contributed by atoms with Crippen LogP contribution in [-0.4, -0.2) is 38.5 Å². The van der Waals surface area contributed by atoms with E-state index in [9.17, 15) is 14.5 Å². The van der Waals surface area contributed by atoms with E-state index in [1.807, 2.05) is 24.8 Å². The van der Waals surface area contributed by atoms with Crippen molar-refractivity contribution in [2.75, 3.05) is 23.9 Å². The summed E-state index contributed by atoms with van der Waals surface area (Å²) in [6.45, 7) is 4.64. The van der Waals surface area contributed by atoms with Gasteiger partial charge in [0.25, 0.3) is 0 Å². The monoisotopic (exact) mass is 445 g/mol. The molecule has 3 aromatic rings. The number of pyridine rings is 1. The Labute approximate surface area is 181 Å². The average Bonchev–Trinajstić information content (AvgIpc) is 2.99. The normalized spacial score (nSPS) is 14.3. The number of rotatable bonds is 5. The van der Waals surface area contributed by atoms with E-state index in [1.165, 1.54) is 13.4 Å². The van der Waals surface area contributed by atoms with Gasteiger partial charge in [0.05, 0.1) is 29.1 Å². The number of nitrogens with zero attached hydrogens (tertiary/aromatic N) is 6. The Hall–Kier alpha value is -3.60. The average molecular weight is 446 g/mol. The van der Waals surface area contributed by atoms with Crippen molar-refractivity contribution in [3.63, 3.8) is 0 Å². The van der Waals surface area contributed by atoms with Gasteiger partial charge in [-0.05, 0) is 12.1 Å². The van der Waals surface area contributed by atoms with Gasteiger partial charge in [0.2, 0.25) is 17.7 Å². The molecule has 31 heavy (non-hydrogen) atoms. The van der Waals surface area contributed by atoms with Gasteiger partial charge in [-0.1, -0.05) is 25.4 Å². The summed E-state index contributed by atoms with van der Waals surface area (Å²) in [6, 6.07) is 5.50. The van der Waals surface area contributed by atoms with E-state index >= 15 is 0 Å². The molecule has 1 aliphatic heterocycles. The molecule has 160 valence electrons. The molecular weight excluding hydrogens is 429 g/mol. The highest BCUT2D eigenvalue weighted by atomic mass is 35.5.